The first-order valence-corrected chi connectivity index (χ1v) is 7.10. The van der Waals surface area contributed by atoms with Gasteiger partial charge in [-0.25, -0.2) is 9.47 Å². The number of hydrogen-bond donors (Lipinski definition) is 1. The summed E-state index contributed by atoms with van der Waals surface area (Å²) in [5.41, 5.74) is 0. The van der Waals surface area contributed by atoms with Gasteiger partial charge in [-0.3, -0.25) is 0 Å². The highest BCUT2D eigenvalue weighted by Gasteiger charge is 2.85. The van der Waals surface area contributed by atoms with Crippen LogP contribution < -0.4 is 0 Å². The highest BCUT2D eigenvalue weighted by atomic mass is 19.4. The second-order valence-electron chi connectivity index (χ2n) is 5.61. The molecule has 0 saturated heterocycles. The Kier molecular flexibility index (Phi) is 8.60. The Labute approximate surface area is 168 Å². The number of aliphatic hydroxyl groups excluding tert-OH is 1. The van der Waals surface area contributed by atoms with Gasteiger partial charge in [0.2, 0.25) is 0 Å². The Bertz CT molecular complexity index is 653. The summed E-state index contributed by atoms with van der Waals surface area (Å²) in [6, 6.07) is 0. The average Bonchev–Trinajstić information content (AvgIpc) is 2.49. The summed E-state index contributed by atoms with van der Waals surface area (Å²) in [4.78, 5) is 0. The maximum atomic E-state index is 13.1. The van der Waals surface area contributed by atoms with Crippen LogP contribution in [0.25, 0.3) is 0 Å². The molecule has 0 aliphatic carbocycles. The van der Waals surface area contributed by atoms with Crippen molar-refractivity contribution in [3.05, 3.63) is 0 Å². The summed E-state index contributed by atoms with van der Waals surface area (Å²) in [6.07, 6.45) is -45.1. The number of halogens is 18. The lowest BCUT2D eigenvalue weighted by Gasteiger charge is -2.36. The molecule has 0 fully saturated rings. The number of ether oxygens (including phenoxy) is 3. The molecular formula is C11H6F18O4. The SMILES string of the molecule is OC(COCC(F)(F)OC(F)(F)C(F)(F)OC(F)(F)C(F)(F)C(F)(F)C(F)(F)F)C(F)(F)F. The third-order valence-electron chi connectivity index (χ3n) is 2.91. The third kappa shape index (κ3) is 7.04. The van der Waals surface area contributed by atoms with Crippen molar-refractivity contribution >= 4 is 0 Å². The van der Waals surface area contributed by atoms with Gasteiger partial charge in [0.25, 0.3) is 0 Å². The Morgan fingerprint density at radius 3 is 1.30 bits per heavy atom. The van der Waals surface area contributed by atoms with E-state index in [1.54, 1.807) is 0 Å². The zero-order valence-electron chi connectivity index (χ0n) is 14.5. The predicted octanol–water partition coefficient (Wildman–Crippen LogP) is 5.16. The van der Waals surface area contributed by atoms with Gasteiger partial charge in [-0.1, -0.05) is 0 Å². The first kappa shape index (κ1) is 31.6. The molecular weight excluding hydrogens is 538 g/mol. The van der Waals surface area contributed by atoms with Crippen LogP contribution in [0.3, 0.4) is 0 Å². The van der Waals surface area contributed by atoms with Gasteiger partial charge in [-0.05, 0) is 0 Å². The first-order valence-electron chi connectivity index (χ1n) is 7.10. The van der Waals surface area contributed by atoms with Crippen LogP contribution in [-0.2, 0) is 14.2 Å². The normalized spacial score (nSPS) is 16.8. The van der Waals surface area contributed by atoms with E-state index in [-0.39, 0.29) is 0 Å². The van der Waals surface area contributed by atoms with Crippen LogP contribution in [0.1, 0.15) is 0 Å². The van der Waals surface area contributed by atoms with Crippen molar-refractivity contribution in [2.75, 3.05) is 13.2 Å². The summed E-state index contributed by atoms with van der Waals surface area (Å²) >= 11 is 0. The van der Waals surface area contributed by atoms with Crippen molar-refractivity contribution in [3.8, 4) is 0 Å². The highest BCUT2D eigenvalue weighted by Crippen LogP contribution is 2.55. The third-order valence-corrected chi connectivity index (χ3v) is 2.91. The quantitative estimate of drug-likeness (QED) is 0.366. The molecule has 200 valence electrons. The molecule has 1 N–H and O–H groups in total. The summed E-state index contributed by atoms with van der Waals surface area (Å²) < 4.78 is 232. The van der Waals surface area contributed by atoms with E-state index in [0.717, 1.165) is 0 Å². The molecule has 1 atom stereocenters. The van der Waals surface area contributed by atoms with Crippen molar-refractivity contribution in [3.63, 3.8) is 0 Å². The van der Waals surface area contributed by atoms with Crippen LogP contribution in [0.4, 0.5) is 79.0 Å². The molecule has 0 radical (unpaired) electrons. The van der Waals surface area contributed by atoms with E-state index >= 15 is 0 Å². The molecule has 0 amide bonds. The number of hydrogen-bond acceptors (Lipinski definition) is 4. The Morgan fingerprint density at radius 1 is 0.545 bits per heavy atom. The minimum atomic E-state index is -8.02. The van der Waals surface area contributed by atoms with Crippen LogP contribution in [-0.4, -0.2) is 73.1 Å². The predicted molar refractivity (Wildman–Crippen MR) is 60.8 cm³/mol. The van der Waals surface area contributed by atoms with Gasteiger partial charge in [-0.2, -0.15) is 79.0 Å². The molecule has 0 spiro atoms. The molecule has 33 heavy (non-hydrogen) atoms. The van der Waals surface area contributed by atoms with Crippen LogP contribution in [0.2, 0.25) is 0 Å². The molecule has 0 aromatic rings. The summed E-state index contributed by atoms with van der Waals surface area (Å²) in [5.74, 6) is -15.9. The molecule has 0 aliphatic rings. The molecule has 0 bridgehead atoms. The van der Waals surface area contributed by atoms with E-state index in [1.807, 2.05) is 4.74 Å². The van der Waals surface area contributed by atoms with Crippen molar-refractivity contribution in [2.24, 2.45) is 0 Å². The molecule has 0 heterocycles. The lowest BCUT2D eigenvalue weighted by Crippen LogP contribution is -2.64. The van der Waals surface area contributed by atoms with E-state index in [2.05, 4.69) is 4.74 Å². The van der Waals surface area contributed by atoms with E-state index in [4.69, 9.17) is 5.11 Å². The van der Waals surface area contributed by atoms with E-state index in [1.165, 1.54) is 4.74 Å². The highest BCUT2D eigenvalue weighted by molar-refractivity contribution is 4.97. The molecule has 1 unspecified atom stereocenters. The minimum Gasteiger partial charge on any atom is -0.382 e. The summed E-state index contributed by atoms with van der Waals surface area (Å²) in [6.45, 7) is -5.01. The van der Waals surface area contributed by atoms with Gasteiger partial charge in [0.05, 0.1) is 6.61 Å². The topological polar surface area (TPSA) is 47.9 Å². The molecule has 0 saturated carbocycles. The molecule has 0 aliphatic heterocycles. The molecule has 22 heteroatoms. The van der Waals surface area contributed by atoms with Gasteiger partial charge in [0, 0.05) is 0 Å². The van der Waals surface area contributed by atoms with Crippen molar-refractivity contribution in [1.29, 1.82) is 0 Å². The number of alkyl halides is 18. The van der Waals surface area contributed by atoms with Crippen molar-refractivity contribution in [1.82, 2.24) is 0 Å². The second kappa shape index (κ2) is 8.98. The fraction of sp³-hybridized carbons (Fsp3) is 1.00. The average molecular weight is 544 g/mol. The fourth-order valence-corrected chi connectivity index (χ4v) is 1.31. The summed E-state index contributed by atoms with van der Waals surface area (Å²) in [5, 5.41) is 8.35. The fourth-order valence-electron chi connectivity index (χ4n) is 1.31. The molecule has 0 aromatic carbocycles. The molecule has 0 rings (SSSR count). The van der Waals surface area contributed by atoms with Crippen LogP contribution >= 0.6 is 0 Å². The maximum Gasteiger partial charge on any atom is 0.460 e. The molecule has 4 nitrogen and oxygen atoms in total. The lowest BCUT2D eigenvalue weighted by molar-refractivity contribution is -0.543. The first-order chi connectivity index (χ1) is 14.0. The van der Waals surface area contributed by atoms with Gasteiger partial charge in [-0.15, -0.1) is 0 Å². The largest absolute Gasteiger partial charge is 0.460 e. The van der Waals surface area contributed by atoms with Crippen LogP contribution in [0.5, 0.6) is 0 Å². The standard InChI is InChI=1S/C11H6F18O4/c12-4(13,2-31-1-3(30)5(14,15)16)32-10(26,27)11(28,29)33-9(24,25)7(19,20)6(17,18)8(21,22)23/h3,30H,1-2H2. The van der Waals surface area contributed by atoms with Gasteiger partial charge in [0.1, 0.15) is 6.61 Å². The Balaban J connectivity index is 5.57. The summed E-state index contributed by atoms with van der Waals surface area (Å²) in [7, 11) is 0. The van der Waals surface area contributed by atoms with Crippen LogP contribution in [0, 0.1) is 0 Å². The monoisotopic (exact) mass is 544 g/mol. The van der Waals surface area contributed by atoms with E-state index in [9.17, 15) is 79.0 Å². The van der Waals surface area contributed by atoms with Gasteiger partial charge in [0.15, 0.2) is 6.10 Å². The molecule has 0 aromatic heterocycles. The zero-order chi connectivity index (χ0) is 27.1. The smallest absolute Gasteiger partial charge is 0.382 e. The number of aliphatic hydroxyl groups is 1. The lowest BCUT2D eigenvalue weighted by atomic mass is 10.1. The Hall–Kier alpha value is -1.42. The van der Waals surface area contributed by atoms with Gasteiger partial charge >= 0.3 is 48.6 Å². The van der Waals surface area contributed by atoms with Crippen molar-refractivity contribution < 1.29 is 98.3 Å². The van der Waals surface area contributed by atoms with E-state index in [0.29, 0.717) is 0 Å². The minimum absolute atomic E-state index is 1.34. The van der Waals surface area contributed by atoms with Gasteiger partial charge < -0.3 is 9.84 Å². The maximum absolute atomic E-state index is 13.1. The van der Waals surface area contributed by atoms with Crippen LogP contribution in [0.15, 0.2) is 0 Å². The Morgan fingerprint density at radius 2 is 0.939 bits per heavy atom. The van der Waals surface area contributed by atoms with Crippen molar-refractivity contribution in [2.45, 2.75) is 54.7 Å². The zero-order valence-corrected chi connectivity index (χ0v) is 14.5. The number of rotatable bonds is 11. The van der Waals surface area contributed by atoms with E-state index < -0.39 is 67.9 Å². The second-order valence-corrected chi connectivity index (χ2v) is 5.61.